The lowest BCUT2D eigenvalue weighted by Crippen LogP contribution is -2.18. The zero-order chi connectivity index (χ0) is 13.2. The topological polar surface area (TPSA) is 59.8 Å². The minimum absolute atomic E-state index is 0.125. The first-order chi connectivity index (χ1) is 9.20. The Labute approximate surface area is 113 Å². The maximum Gasteiger partial charge on any atom is 0.247 e. The van der Waals surface area contributed by atoms with Crippen LogP contribution in [0.3, 0.4) is 0 Å². The van der Waals surface area contributed by atoms with E-state index in [4.69, 9.17) is 0 Å². The van der Waals surface area contributed by atoms with Crippen LogP contribution in [0.15, 0.2) is 36.7 Å². The highest BCUT2D eigenvalue weighted by atomic mass is 32.1. The maximum absolute atomic E-state index is 11.8. The number of carbonyl (C=O) groups excluding carboxylic acids is 1. The summed E-state index contributed by atoms with van der Waals surface area (Å²) in [7, 11) is 0. The van der Waals surface area contributed by atoms with Crippen molar-refractivity contribution in [1.82, 2.24) is 14.8 Å². The van der Waals surface area contributed by atoms with Gasteiger partial charge in [-0.25, -0.2) is 4.98 Å². The van der Waals surface area contributed by atoms with E-state index in [1.54, 1.807) is 23.1 Å². The van der Waals surface area contributed by atoms with Crippen LogP contribution in [0.1, 0.15) is 5.56 Å². The van der Waals surface area contributed by atoms with E-state index in [1.807, 2.05) is 19.1 Å². The van der Waals surface area contributed by atoms with Crippen molar-refractivity contribution in [2.24, 2.45) is 0 Å². The van der Waals surface area contributed by atoms with E-state index in [9.17, 15) is 4.79 Å². The average Bonchev–Trinajstić information content (AvgIpc) is 2.97. The average molecular weight is 272 g/mol. The molecular formula is C13H12N4OS. The van der Waals surface area contributed by atoms with Crippen LogP contribution in [0.4, 0.5) is 5.13 Å². The number of nitrogens with one attached hydrogen (secondary N) is 1. The molecule has 0 spiro atoms. The zero-order valence-electron chi connectivity index (χ0n) is 10.3. The molecule has 0 bridgehead atoms. The van der Waals surface area contributed by atoms with Crippen molar-refractivity contribution in [1.29, 1.82) is 0 Å². The molecule has 0 fully saturated rings. The molecule has 1 amide bonds. The van der Waals surface area contributed by atoms with E-state index in [0.29, 0.717) is 5.13 Å². The lowest BCUT2D eigenvalue weighted by atomic mass is 10.2. The van der Waals surface area contributed by atoms with Crippen molar-refractivity contribution in [2.45, 2.75) is 13.5 Å². The molecule has 3 rings (SSSR count). The Kier molecular flexibility index (Phi) is 3.00. The number of aryl methyl sites for hydroxylation is 1. The molecule has 0 saturated carbocycles. The van der Waals surface area contributed by atoms with Gasteiger partial charge in [0.25, 0.3) is 0 Å². The lowest BCUT2D eigenvalue weighted by molar-refractivity contribution is -0.116. The van der Waals surface area contributed by atoms with Crippen LogP contribution in [0, 0.1) is 6.92 Å². The highest BCUT2D eigenvalue weighted by Crippen LogP contribution is 2.26. The molecule has 0 aliphatic rings. The van der Waals surface area contributed by atoms with Crippen LogP contribution in [-0.2, 0) is 11.3 Å². The molecule has 2 aromatic heterocycles. The molecule has 0 aliphatic carbocycles. The van der Waals surface area contributed by atoms with Gasteiger partial charge < -0.3 is 5.32 Å². The van der Waals surface area contributed by atoms with Crippen LogP contribution < -0.4 is 5.32 Å². The van der Waals surface area contributed by atoms with Crippen molar-refractivity contribution in [3.05, 3.63) is 42.2 Å². The maximum atomic E-state index is 11.8. The largest absolute Gasteiger partial charge is 0.300 e. The minimum Gasteiger partial charge on any atom is -0.300 e. The predicted molar refractivity (Wildman–Crippen MR) is 75.2 cm³/mol. The Morgan fingerprint density at radius 2 is 2.37 bits per heavy atom. The SMILES string of the molecule is Cc1ccc2nc(NC(=O)Cn3cccn3)sc2c1. The van der Waals surface area contributed by atoms with Crippen LogP contribution >= 0.6 is 11.3 Å². The van der Waals surface area contributed by atoms with Crippen molar-refractivity contribution in [3.8, 4) is 0 Å². The van der Waals surface area contributed by atoms with E-state index in [-0.39, 0.29) is 12.5 Å². The number of aromatic nitrogens is 3. The molecular weight excluding hydrogens is 260 g/mol. The Hall–Kier alpha value is -2.21. The third-order valence-electron chi connectivity index (χ3n) is 2.66. The van der Waals surface area contributed by atoms with Gasteiger partial charge in [0, 0.05) is 12.4 Å². The zero-order valence-corrected chi connectivity index (χ0v) is 11.1. The van der Waals surface area contributed by atoms with Gasteiger partial charge in [0.15, 0.2) is 5.13 Å². The fourth-order valence-corrected chi connectivity index (χ4v) is 2.77. The standard InChI is InChI=1S/C13H12N4OS/c1-9-3-4-10-11(7-9)19-13(15-10)16-12(18)8-17-6-2-5-14-17/h2-7H,8H2,1H3,(H,15,16,18). The van der Waals surface area contributed by atoms with Crippen molar-refractivity contribution >= 4 is 32.6 Å². The van der Waals surface area contributed by atoms with E-state index in [1.165, 1.54) is 16.9 Å². The molecule has 1 aromatic carbocycles. The molecule has 0 aliphatic heterocycles. The molecule has 0 atom stereocenters. The quantitative estimate of drug-likeness (QED) is 0.796. The third-order valence-corrected chi connectivity index (χ3v) is 3.59. The second kappa shape index (κ2) is 4.81. The van der Waals surface area contributed by atoms with Gasteiger partial charge in [0.2, 0.25) is 5.91 Å². The lowest BCUT2D eigenvalue weighted by Gasteiger charge is -2.00. The smallest absolute Gasteiger partial charge is 0.247 e. The van der Waals surface area contributed by atoms with Gasteiger partial charge in [-0.2, -0.15) is 5.10 Å². The van der Waals surface area contributed by atoms with E-state index < -0.39 is 0 Å². The molecule has 6 heteroatoms. The second-order valence-corrected chi connectivity index (χ2v) is 5.27. The highest BCUT2D eigenvalue weighted by Gasteiger charge is 2.08. The Bertz CT molecular complexity index is 717. The summed E-state index contributed by atoms with van der Waals surface area (Å²) in [6, 6.07) is 7.83. The summed E-state index contributed by atoms with van der Waals surface area (Å²) in [6.45, 7) is 2.23. The highest BCUT2D eigenvalue weighted by molar-refractivity contribution is 7.22. The Morgan fingerprint density at radius 1 is 1.47 bits per heavy atom. The van der Waals surface area contributed by atoms with Gasteiger partial charge in [-0.15, -0.1) is 0 Å². The van der Waals surface area contributed by atoms with E-state index in [2.05, 4.69) is 21.5 Å². The van der Waals surface area contributed by atoms with E-state index >= 15 is 0 Å². The number of rotatable bonds is 3. The Balaban J connectivity index is 1.76. The predicted octanol–water partition coefficient (Wildman–Crippen LogP) is 2.44. The van der Waals surface area contributed by atoms with Gasteiger partial charge in [0.1, 0.15) is 6.54 Å². The summed E-state index contributed by atoms with van der Waals surface area (Å²) in [6.07, 6.45) is 3.40. The van der Waals surface area contributed by atoms with Crippen LogP contribution in [0.25, 0.3) is 10.2 Å². The summed E-state index contributed by atoms with van der Waals surface area (Å²) in [5, 5.41) is 7.41. The molecule has 5 nitrogen and oxygen atoms in total. The normalized spacial score (nSPS) is 10.8. The van der Waals surface area contributed by atoms with Gasteiger partial charge in [-0.3, -0.25) is 9.48 Å². The number of nitrogens with zero attached hydrogens (tertiary/aromatic N) is 3. The molecule has 96 valence electrons. The van der Waals surface area contributed by atoms with Crippen LogP contribution in [0.2, 0.25) is 0 Å². The first kappa shape index (κ1) is 11.9. The number of carbonyl (C=O) groups is 1. The van der Waals surface area contributed by atoms with Crippen molar-refractivity contribution in [2.75, 3.05) is 5.32 Å². The summed E-state index contributed by atoms with van der Waals surface area (Å²) in [5.74, 6) is -0.125. The number of hydrogen-bond donors (Lipinski definition) is 1. The van der Waals surface area contributed by atoms with Gasteiger partial charge in [-0.1, -0.05) is 17.4 Å². The number of thiazole rings is 1. The first-order valence-electron chi connectivity index (χ1n) is 5.85. The molecule has 19 heavy (non-hydrogen) atoms. The first-order valence-corrected chi connectivity index (χ1v) is 6.67. The van der Waals surface area contributed by atoms with Gasteiger partial charge in [0.05, 0.1) is 10.2 Å². The fourth-order valence-electron chi connectivity index (χ4n) is 1.79. The summed E-state index contributed by atoms with van der Waals surface area (Å²) in [5.41, 5.74) is 2.09. The minimum atomic E-state index is -0.125. The van der Waals surface area contributed by atoms with E-state index in [0.717, 1.165) is 10.2 Å². The summed E-state index contributed by atoms with van der Waals surface area (Å²) < 4.78 is 2.65. The molecule has 0 saturated heterocycles. The molecule has 2 heterocycles. The second-order valence-electron chi connectivity index (χ2n) is 4.24. The summed E-state index contributed by atoms with van der Waals surface area (Å²) >= 11 is 1.48. The molecule has 3 aromatic rings. The van der Waals surface area contributed by atoms with Gasteiger partial charge in [-0.05, 0) is 30.7 Å². The number of amides is 1. The number of anilines is 1. The molecule has 0 unspecified atom stereocenters. The van der Waals surface area contributed by atoms with Crippen LogP contribution in [0.5, 0.6) is 0 Å². The third kappa shape index (κ3) is 2.63. The van der Waals surface area contributed by atoms with Crippen molar-refractivity contribution < 1.29 is 4.79 Å². The van der Waals surface area contributed by atoms with Crippen LogP contribution in [-0.4, -0.2) is 20.7 Å². The Morgan fingerprint density at radius 3 is 3.16 bits per heavy atom. The van der Waals surface area contributed by atoms with Gasteiger partial charge >= 0.3 is 0 Å². The molecule has 0 radical (unpaired) electrons. The summed E-state index contributed by atoms with van der Waals surface area (Å²) in [4.78, 5) is 16.2. The number of hydrogen-bond acceptors (Lipinski definition) is 4. The monoisotopic (exact) mass is 272 g/mol. The fraction of sp³-hybridized carbons (Fsp3) is 0.154. The molecule has 1 N–H and O–H groups in total. The number of fused-ring (bicyclic) bond motifs is 1. The van der Waals surface area contributed by atoms with Crippen molar-refractivity contribution in [3.63, 3.8) is 0 Å². The number of benzene rings is 1.